The van der Waals surface area contributed by atoms with Crippen LogP contribution in [0.5, 0.6) is 0 Å². The zero-order valence-electron chi connectivity index (χ0n) is 15.6. The van der Waals surface area contributed by atoms with Crippen molar-refractivity contribution in [2.45, 2.75) is 26.4 Å². The fraction of sp³-hybridized carbons (Fsp3) is 0.632. The summed E-state index contributed by atoms with van der Waals surface area (Å²) < 4.78 is 5.29. The van der Waals surface area contributed by atoms with Crippen LogP contribution in [-0.2, 0) is 17.8 Å². The third-order valence-corrected chi connectivity index (χ3v) is 4.26. The molecule has 2 rings (SSSR count). The van der Waals surface area contributed by atoms with Crippen LogP contribution in [0.3, 0.4) is 0 Å². The molecule has 0 saturated carbocycles. The molecule has 5 nitrogen and oxygen atoms in total. The smallest absolute Gasteiger partial charge is 0.194 e. The van der Waals surface area contributed by atoms with Crippen LogP contribution < -0.4 is 5.32 Å². The maximum Gasteiger partial charge on any atom is 0.194 e. The summed E-state index contributed by atoms with van der Waals surface area (Å²) in [6.07, 6.45) is 1.18. The van der Waals surface area contributed by atoms with Gasteiger partial charge >= 0.3 is 0 Å². The van der Waals surface area contributed by atoms with E-state index in [2.05, 4.69) is 60.4 Å². The van der Waals surface area contributed by atoms with Crippen molar-refractivity contribution in [2.75, 3.05) is 47.4 Å². The van der Waals surface area contributed by atoms with Crippen molar-refractivity contribution in [3.05, 3.63) is 35.4 Å². The van der Waals surface area contributed by atoms with E-state index in [0.717, 1.165) is 45.3 Å². The standard InChI is InChI=1S/C19H32N4O/c1-5-20-19(23-11-10-18(14-23)15-24-4)21-12-16-6-8-17(9-7-16)13-22(2)3/h6-9,18H,5,10-15H2,1-4H3,(H,20,21). The van der Waals surface area contributed by atoms with Gasteiger partial charge in [-0.1, -0.05) is 24.3 Å². The van der Waals surface area contributed by atoms with Gasteiger partial charge in [-0.3, -0.25) is 0 Å². The summed E-state index contributed by atoms with van der Waals surface area (Å²) in [4.78, 5) is 9.37. The van der Waals surface area contributed by atoms with Gasteiger partial charge in [0.2, 0.25) is 0 Å². The van der Waals surface area contributed by atoms with Gasteiger partial charge in [0.1, 0.15) is 0 Å². The van der Waals surface area contributed by atoms with Crippen molar-refractivity contribution in [1.29, 1.82) is 0 Å². The molecule has 1 fully saturated rings. The van der Waals surface area contributed by atoms with Crippen molar-refractivity contribution < 1.29 is 4.74 Å². The molecule has 0 aromatic heterocycles. The molecule has 134 valence electrons. The number of rotatable bonds is 7. The lowest BCUT2D eigenvalue weighted by atomic mass is 10.1. The Bertz CT molecular complexity index is 513. The quantitative estimate of drug-likeness (QED) is 0.614. The minimum absolute atomic E-state index is 0.615. The molecule has 1 heterocycles. The molecular weight excluding hydrogens is 300 g/mol. The highest BCUT2D eigenvalue weighted by Crippen LogP contribution is 2.17. The Kier molecular flexibility index (Phi) is 7.53. The van der Waals surface area contributed by atoms with Crippen LogP contribution in [0.2, 0.25) is 0 Å². The van der Waals surface area contributed by atoms with Crippen LogP contribution in [-0.4, -0.2) is 63.2 Å². The van der Waals surface area contributed by atoms with Gasteiger partial charge in [0.25, 0.3) is 0 Å². The lowest BCUT2D eigenvalue weighted by molar-refractivity contribution is 0.157. The molecule has 1 aliphatic rings. The molecule has 1 unspecified atom stereocenters. The Morgan fingerprint density at radius 2 is 2.00 bits per heavy atom. The maximum absolute atomic E-state index is 5.29. The molecule has 24 heavy (non-hydrogen) atoms. The largest absolute Gasteiger partial charge is 0.384 e. The SMILES string of the molecule is CCNC(=NCc1ccc(CN(C)C)cc1)N1CCC(COC)C1. The van der Waals surface area contributed by atoms with Gasteiger partial charge in [-0.15, -0.1) is 0 Å². The lowest BCUT2D eigenvalue weighted by Gasteiger charge is -2.21. The fourth-order valence-electron chi connectivity index (χ4n) is 3.10. The van der Waals surface area contributed by atoms with Crippen molar-refractivity contribution in [3.63, 3.8) is 0 Å². The van der Waals surface area contributed by atoms with Crippen LogP contribution in [0, 0.1) is 5.92 Å². The molecule has 0 amide bonds. The summed E-state index contributed by atoms with van der Waals surface area (Å²) in [6, 6.07) is 8.76. The van der Waals surface area contributed by atoms with E-state index in [4.69, 9.17) is 9.73 Å². The zero-order chi connectivity index (χ0) is 17.4. The Hall–Kier alpha value is -1.59. The van der Waals surface area contributed by atoms with Gasteiger partial charge in [0.15, 0.2) is 5.96 Å². The first-order valence-corrected chi connectivity index (χ1v) is 8.87. The Balaban J connectivity index is 1.95. The zero-order valence-corrected chi connectivity index (χ0v) is 15.6. The van der Waals surface area contributed by atoms with Gasteiger partial charge in [0.05, 0.1) is 13.2 Å². The normalized spacial score (nSPS) is 18.5. The molecular formula is C19H32N4O. The number of aliphatic imine (C=N–C) groups is 1. The number of methoxy groups -OCH3 is 1. The van der Waals surface area contributed by atoms with Crippen molar-refractivity contribution >= 4 is 5.96 Å². The highest BCUT2D eigenvalue weighted by atomic mass is 16.5. The van der Waals surface area contributed by atoms with E-state index in [9.17, 15) is 0 Å². The highest BCUT2D eigenvalue weighted by molar-refractivity contribution is 5.80. The second kappa shape index (κ2) is 9.64. The van der Waals surface area contributed by atoms with Gasteiger partial charge in [0, 0.05) is 39.2 Å². The van der Waals surface area contributed by atoms with Gasteiger partial charge in [-0.2, -0.15) is 0 Å². The van der Waals surface area contributed by atoms with Crippen LogP contribution in [0.4, 0.5) is 0 Å². The summed E-state index contributed by atoms with van der Waals surface area (Å²) in [6.45, 7) is 7.63. The second-order valence-corrected chi connectivity index (χ2v) is 6.78. The average Bonchev–Trinajstić information content (AvgIpc) is 3.01. The first-order chi connectivity index (χ1) is 11.6. The second-order valence-electron chi connectivity index (χ2n) is 6.78. The number of ether oxygens (including phenoxy) is 1. The van der Waals surface area contributed by atoms with E-state index in [-0.39, 0.29) is 0 Å². The lowest BCUT2D eigenvalue weighted by Crippen LogP contribution is -2.40. The van der Waals surface area contributed by atoms with Crippen LogP contribution in [0.15, 0.2) is 29.3 Å². The van der Waals surface area contributed by atoms with E-state index < -0.39 is 0 Å². The first kappa shape index (κ1) is 18.7. The van der Waals surface area contributed by atoms with Gasteiger partial charge in [-0.05, 0) is 38.6 Å². The Morgan fingerprint density at radius 3 is 2.62 bits per heavy atom. The molecule has 1 saturated heterocycles. The van der Waals surface area contributed by atoms with Crippen molar-refractivity contribution in [2.24, 2.45) is 10.9 Å². The predicted molar refractivity (Wildman–Crippen MR) is 100 cm³/mol. The molecule has 0 radical (unpaired) electrons. The average molecular weight is 332 g/mol. The summed E-state index contributed by atoms with van der Waals surface area (Å²) in [5.74, 6) is 1.64. The predicted octanol–water partition coefficient (Wildman–Crippen LogP) is 2.18. The monoisotopic (exact) mass is 332 g/mol. The molecule has 1 N–H and O–H groups in total. The number of nitrogens with zero attached hydrogens (tertiary/aromatic N) is 3. The summed E-state index contributed by atoms with van der Waals surface area (Å²) in [7, 11) is 5.96. The molecule has 1 aromatic carbocycles. The molecule has 1 atom stereocenters. The molecule has 1 aromatic rings. The molecule has 0 aliphatic carbocycles. The van der Waals surface area contributed by atoms with E-state index >= 15 is 0 Å². The summed E-state index contributed by atoms with van der Waals surface area (Å²) >= 11 is 0. The topological polar surface area (TPSA) is 40.1 Å². The third-order valence-electron chi connectivity index (χ3n) is 4.26. The molecule has 1 aliphatic heterocycles. The van der Waals surface area contributed by atoms with Crippen molar-refractivity contribution in [3.8, 4) is 0 Å². The Morgan fingerprint density at radius 1 is 1.29 bits per heavy atom. The fourth-order valence-corrected chi connectivity index (χ4v) is 3.10. The third kappa shape index (κ3) is 5.80. The maximum atomic E-state index is 5.29. The van der Waals surface area contributed by atoms with E-state index in [0.29, 0.717) is 5.92 Å². The molecule has 0 bridgehead atoms. The number of likely N-dealkylation sites (tertiary alicyclic amines) is 1. The minimum atomic E-state index is 0.615. The van der Waals surface area contributed by atoms with Gasteiger partial charge < -0.3 is 19.9 Å². The van der Waals surface area contributed by atoms with E-state index in [1.807, 2.05) is 0 Å². The number of hydrogen-bond donors (Lipinski definition) is 1. The molecule has 5 heteroatoms. The van der Waals surface area contributed by atoms with E-state index in [1.54, 1.807) is 7.11 Å². The van der Waals surface area contributed by atoms with Crippen molar-refractivity contribution in [1.82, 2.24) is 15.1 Å². The summed E-state index contributed by atoms with van der Waals surface area (Å²) in [5, 5.41) is 3.42. The number of nitrogens with one attached hydrogen (secondary N) is 1. The first-order valence-electron chi connectivity index (χ1n) is 8.87. The number of guanidine groups is 1. The van der Waals surface area contributed by atoms with Crippen LogP contribution >= 0.6 is 0 Å². The van der Waals surface area contributed by atoms with Crippen LogP contribution in [0.1, 0.15) is 24.5 Å². The summed E-state index contributed by atoms with van der Waals surface area (Å²) in [5.41, 5.74) is 2.59. The Labute approximate surface area is 146 Å². The van der Waals surface area contributed by atoms with Gasteiger partial charge in [-0.25, -0.2) is 4.99 Å². The minimum Gasteiger partial charge on any atom is -0.384 e. The van der Waals surface area contributed by atoms with Crippen LogP contribution in [0.25, 0.3) is 0 Å². The highest BCUT2D eigenvalue weighted by Gasteiger charge is 2.24. The molecule has 0 spiro atoms. The van der Waals surface area contributed by atoms with E-state index in [1.165, 1.54) is 17.5 Å². The number of hydrogen-bond acceptors (Lipinski definition) is 3. The number of benzene rings is 1.